The van der Waals surface area contributed by atoms with E-state index in [9.17, 15) is 14.9 Å². The van der Waals surface area contributed by atoms with Gasteiger partial charge >= 0.3 is 0 Å². The first-order chi connectivity index (χ1) is 14.5. The molecule has 0 spiro atoms. The topological polar surface area (TPSA) is 97.1 Å². The highest BCUT2D eigenvalue weighted by Crippen LogP contribution is 2.25. The smallest absolute Gasteiger partial charge is 0.270 e. The third-order valence-electron chi connectivity index (χ3n) is 4.36. The Hall–Kier alpha value is -2.43. The number of nitro benzene ring substituents is 1. The normalized spacial score (nSPS) is 14.1. The molecule has 0 unspecified atom stereocenters. The highest BCUT2D eigenvalue weighted by molar-refractivity contribution is 9.10. The van der Waals surface area contributed by atoms with Gasteiger partial charge in [0.1, 0.15) is 0 Å². The second kappa shape index (κ2) is 11.1. The van der Waals surface area contributed by atoms with Crippen LogP contribution in [0.2, 0.25) is 0 Å². The summed E-state index contributed by atoms with van der Waals surface area (Å²) in [6, 6.07) is 12.6. The highest BCUT2D eigenvalue weighted by atomic mass is 79.9. The highest BCUT2D eigenvalue weighted by Gasteiger charge is 2.17. The van der Waals surface area contributed by atoms with E-state index in [4.69, 9.17) is 4.74 Å². The van der Waals surface area contributed by atoms with Crippen LogP contribution < -0.4 is 10.3 Å². The number of hydrogen-bond donors (Lipinski definition) is 1. The van der Waals surface area contributed by atoms with Gasteiger partial charge in [-0.05, 0) is 23.8 Å². The Balaban J connectivity index is 1.58. The fraction of sp³-hybridized carbons (Fsp3) is 0.300. The minimum Gasteiger partial charge on any atom is -0.378 e. The quantitative estimate of drug-likeness (QED) is 0.343. The average molecular weight is 493 g/mol. The van der Waals surface area contributed by atoms with Gasteiger partial charge in [-0.25, -0.2) is 5.43 Å². The molecule has 8 nitrogen and oxygen atoms in total. The molecule has 0 radical (unpaired) electrons. The van der Waals surface area contributed by atoms with E-state index in [1.807, 2.05) is 24.3 Å². The number of thioether (sulfide) groups is 1. The number of benzene rings is 2. The first-order valence-electron chi connectivity index (χ1n) is 9.28. The van der Waals surface area contributed by atoms with Gasteiger partial charge in [-0.15, -0.1) is 11.8 Å². The number of anilines is 1. The van der Waals surface area contributed by atoms with Crippen molar-refractivity contribution in [3.05, 3.63) is 68.2 Å². The van der Waals surface area contributed by atoms with E-state index in [1.54, 1.807) is 6.07 Å². The third kappa shape index (κ3) is 6.54. The Morgan fingerprint density at radius 3 is 2.83 bits per heavy atom. The number of hydrogen-bond acceptors (Lipinski definition) is 7. The molecule has 2 aromatic rings. The maximum absolute atomic E-state index is 12.1. The van der Waals surface area contributed by atoms with Gasteiger partial charge in [0.2, 0.25) is 5.91 Å². The molecule has 2 aromatic carbocycles. The van der Waals surface area contributed by atoms with E-state index in [0.29, 0.717) is 37.6 Å². The Kier molecular flexibility index (Phi) is 8.23. The van der Waals surface area contributed by atoms with Crippen molar-refractivity contribution in [3.8, 4) is 0 Å². The lowest BCUT2D eigenvalue weighted by molar-refractivity contribution is -0.384. The average Bonchev–Trinajstić information content (AvgIpc) is 2.74. The van der Waals surface area contributed by atoms with Gasteiger partial charge in [0.05, 0.1) is 30.1 Å². The van der Waals surface area contributed by atoms with E-state index < -0.39 is 4.92 Å². The molecule has 0 aliphatic carbocycles. The maximum atomic E-state index is 12.1. The molecule has 0 bridgehead atoms. The summed E-state index contributed by atoms with van der Waals surface area (Å²) in [5.41, 5.74) is 5.00. The molecule has 3 rings (SSSR count). The molecular weight excluding hydrogens is 472 g/mol. The molecule has 158 valence electrons. The van der Waals surface area contributed by atoms with Crippen LogP contribution in [-0.4, -0.2) is 49.1 Å². The van der Waals surface area contributed by atoms with Gasteiger partial charge in [0, 0.05) is 46.7 Å². The van der Waals surface area contributed by atoms with Crippen molar-refractivity contribution in [2.45, 2.75) is 5.75 Å². The fourth-order valence-corrected chi connectivity index (χ4v) is 4.16. The van der Waals surface area contributed by atoms with Crippen molar-refractivity contribution in [3.63, 3.8) is 0 Å². The van der Waals surface area contributed by atoms with Crippen molar-refractivity contribution in [2.24, 2.45) is 5.10 Å². The number of hydrazone groups is 1. The Morgan fingerprint density at radius 2 is 2.10 bits per heavy atom. The number of nitrogens with one attached hydrogen (secondary N) is 1. The van der Waals surface area contributed by atoms with Crippen LogP contribution in [0.4, 0.5) is 11.4 Å². The Morgan fingerprint density at radius 1 is 1.30 bits per heavy atom. The van der Waals surface area contributed by atoms with Crippen LogP contribution in [-0.2, 0) is 15.3 Å². The molecule has 30 heavy (non-hydrogen) atoms. The van der Waals surface area contributed by atoms with Crippen LogP contribution in [0.15, 0.2) is 52.0 Å². The second-order valence-corrected chi connectivity index (χ2v) is 8.42. The molecule has 10 heteroatoms. The molecule has 1 heterocycles. The van der Waals surface area contributed by atoms with Crippen LogP contribution in [0, 0.1) is 10.1 Å². The van der Waals surface area contributed by atoms with Gasteiger partial charge in [0.15, 0.2) is 0 Å². The molecule has 1 amide bonds. The van der Waals surface area contributed by atoms with E-state index in [-0.39, 0.29) is 17.3 Å². The van der Waals surface area contributed by atoms with Crippen LogP contribution >= 0.6 is 27.7 Å². The molecule has 1 fully saturated rings. The fourth-order valence-electron chi connectivity index (χ4n) is 2.95. The number of nitro groups is 1. The number of halogens is 1. The predicted octanol–water partition coefficient (Wildman–Crippen LogP) is 3.58. The first-order valence-corrected chi connectivity index (χ1v) is 11.2. The van der Waals surface area contributed by atoms with Crippen LogP contribution in [0.25, 0.3) is 0 Å². The Bertz CT molecular complexity index is 935. The van der Waals surface area contributed by atoms with Crippen molar-refractivity contribution in [1.29, 1.82) is 0 Å². The zero-order chi connectivity index (χ0) is 21.3. The monoisotopic (exact) mass is 492 g/mol. The molecule has 0 atom stereocenters. The predicted molar refractivity (Wildman–Crippen MR) is 122 cm³/mol. The minimum absolute atomic E-state index is 0.0237. The van der Waals surface area contributed by atoms with Gasteiger partial charge in [0.25, 0.3) is 5.69 Å². The minimum atomic E-state index is -0.447. The summed E-state index contributed by atoms with van der Waals surface area (Å²) in [6.45, 7) is 2.58. The van der Waals surface area contributed by atoms with E-state index in [1.165, 1.54) is 30.1 Å². The number of carbonyl (C=O) groups is 1. The third-order valence-corrected chi connectivity index (χ3v) is 5.85. The van der Waals surface area contributed by atoms with Gasteiger partial charge in [-0.2, -0.15) is 5.10 Å². The summed E-state index contributed by atoms with van der Waals surface area (Å²) in [5, 5.41) is 15.1. The molecule has 0 aromatic heterocycles. The lowest BCUT2D eigenvalue weighted by Crippen LogP contribution is -2.36. The summed E-state index contributed by atoms with van der Waals surface area (Å²) < 4.78 is 6.37. The summed E-state index contributed by atoms with van der Waals surface area (Å²) in [6.07, 6.45) is 1.45. The van der Waals surface area contributed by atoms with Crippen molar-refractivity contribution in [1.82, 2.24) is 5.43 Å². The second-order valence-electron chi connectivity index (χ2n) is 6.52. The number of carbonyl (C=O) groups excluding carboxylic acids is 1. The lowest BCUT2D eigenvalue weighted by atomic mass is 10.1. The summed E-state index contributed by atoms with van der Waals surface area (Å²) in [5.74, 6) is 0.738. The number of nitrogens with zero attached hydrogens (tertiary/aromatic N) is 3. The molecule has 1 N–H and O–H groups in total. The van der Waals surface area contributed by atoms with E-state index in [2.05, 4.69) is 31.4 Å². The zero-order valence-electron chi connectivity index (χ0n) is 16.1. The SMILES string of the molecule is O=C(CSCc1cccc(Br)c1)N/N=C\c1cc([N+](=O)[O-])ccc1N1CCOCC1. The van der Waals surface area contributed by atoms with Gasteiger partial charge < -0.3 is 9.64 Å². The summed E-state index contributed by atoms with van der Waals surface area (Å²) in [4.78, 5) is 24.8. The van der Waals surface area contributed by atoms with Crippen LogP contribution in [0.1, 0.15) is 11.1 Å². The molecule has 1 aliphatic heterocycles. The Labute approximate surface area is 186 Å². The maximum Gasteiger partial charge on any atom is 0.270 e. The standard InChI is InChI=1S/C20H21BrN4O4S/c21-17-3-1-2-15(10-17)13-30-14-20(26)23-22-12-16-11-18(25(27)28)4-5-19(16)24-6-8-29-9-7-24/h1-5,10-12H,6-9,13-14H2,(H,23,26)/b22-12-. The number of morpholine rings is 1. The van der Waals surface area contributed by atoms with Crippen molar-refractivity contribution in [2.75, 3.05) is 37.0 Å². The first kappa shape index (κ1) is 22.3. The molecule has 1 aliphatic rings. The van der Waals surface area contributed by atoms with Crippen molar-refractivity contribution < 1.29 is 14.5 Å². The number of amides is 1. The van der Waals surface area contributed by atoms with Gasteiger partial charge in [-0.1, -0.05) is 28.1 Å². The van der Waals surface area contributed by atoms with Crippen LogP contribution in [0.5, 0.6) is 0 Å². The summed E-state index contributed by atoms with van der Waals surface area (Å²) >= 11 is 4.91. The van der Waals surface area contributed by atoms with Crippen molar-refractivity contribution >= 4 is 51.2 Å². The summed E-state index contributed by atoms with van der Waals surface area (Å²) in [7, 11) is 0. The van der Waals surface area contributed by atoms with E-state index in [0.717, 1.165) is 15.7 Å². The number of rotatable bonds is 8. The van der Waals surface area contributed by atoms with E-state index >= 15 is 0 Å². The molecule has 1 saturated heterocycles. The largest absolute Gasteiger partial charge is 0.378 e. The van der Waals surface area contributed by atoms with Gasteiger partial charge in [-0.3, -0.25) is 14.9 Å². The molecule has 0 saturated carbocycles. The number of ether oxygens (including phenoxy) is 1. The van der Waals surface area contributed by atoms with Crippen LogP contribution in [0.3, 0.4) is 0 Å². The zero-order valence-corrected chi connectivity index (χ0v) is 18.5. The molecular formula is C20H21BrN4O4S. The number of non-ortho nitro benzene ring substituents is 1. The lowest BCUT2D eigenvalue weighted by Gasteiger charge is -2.29.